The number of hydrogen-bond donors (Lipinski definition) is 1. The van der Waals surface area contributed by atoms with Gasteiger partial charge in [0.05, 0.1) is 36.3 Å². The van der Waals surface area contributed by atoms with Crippen LogP contribution in [0, 0.1) is 5.82 Å². The Morgan fingerprint density at radius 3 is 2.40 bits per heavy atom. The van der Waals surface area contributed by atoms with Crippen LogP contribution in [0.25, 0.3) is 5.76 Å². The second kappa shape index (κ2) is 10.2. The van der Waals surface area contributed by atoms with Gasteiger partial charge in [-0.2, -0.15) is 4.31 Å². The van der Waals surface area contributed by atoms with E-state index >= 15 is 0 Å². The summed E-state index contributed by atoms with van der Waals surface area (Å²) >= 11 is 0. The first-order valence-corrected chi connectivity index (χ1v) is 12.4. The molecular formula is C24H25FN2O7S. The molecule has 1 atom stereocenters. The number of carbonyl (C=O) groups is 2. The summed E-state index contributed by atoms with van der Waals surface area (Å²) in [5.41, 5.74) is -0.104. The van der Waals surface area contributed by atoms with Crippen LogP contribution >= 0.6 is 0 Å². The predicted molar refractivity (Wildman–Crippen MR) is 123 cm³/mol. The summed E-state index contributed by atoms with van der Waals surface area (Å²) in [4.78, 5) is 26.9. The van der Waals surface area contributed by atoms with Crippen molar-refractivity contribution < 1.29 is 37.0 Å². The number of carbonyl (C=O) groups excluding carboxylic acids is 2. The second-order valence-electron chi connectivity index (χ2n) is 8.05. The SMILES string of the molecule is COCCN1C(=O)C(=O)C(=C(O)c2ccc(S(=O)(=O)N3CCOCC3)cc2)C1c1ccccc1F. The van der Waals surface area contributed by atoms with Gasteiger partial charge in [-0.25, -0.2) is 12.8 Å². The fourth-order valence-corrected chi connectivity index (χ4v) is 5.60. The van der Waals surface area contributed by atoms with Crippen LogP contribution in [0.5, 0.6) is 0 Å². The highest BCUT2D eigenvalue weighted by atomic mass is 32.2. The molecule has 2 fully saturated rings. The van der Waals surface area contributed by atoms with Gasteiger partial charge >= 0.3 is 0 Å². The van der Waals surface area contributed by atoms with E-state index in [0.29, 0.717) is 13.2 Å². The lowest BCUT2D eigenvalue weighted by Crippen LogP contribution is -2.40. The molecule has 1 unspecified atom stereocenters. The average Bonchev–Trinajstić information content (AvgIpc) is 3.12. The van der Waals surface area contributed by atoms with Crippen molar-refractivity contribution in [3.05, 3.63) is 71.0 Å². The molecule has 4 rings (SSSR count). The van der Waals surface area contributed by atoms with E-state index in [4.69, 9.17) is 9.47 Å². The number of ether oxygens (including phenoxy) is 2. The first-order chi connectivity index (χ1) is 16.8. The Morgan fingerprint density at radius 2 is 1.77 bits per heavy atom. The molecule has 0 aromatic heterocycles. The van der Waals surface area contributed by atoms with E-state index in [0.717, 1.165) is 4.90 Å². The molecule has 2 aliphatic heterocycles. The van der Waals surface area contributed by atoms with E-state index in [-0.39, 0.29) is 47.8 Å². The molecule has 186 valence electrons. The van der Waals surface area contributed by atoms with Crippen LogP contribution in [-0.2, 0) is 29.1 Å². The van der Waals surface area contributed by atoms with Crippen molar-refractivity contribution in [2.75, 3.05) is 46.6 Å². The van der Waals surface area contributed by atoms with Crippen molar-refractivity contribution in [3.63, 3.8) is 0 Å². The van der Waals surface area contributed by atoms with E-state index < -0.39 is 39.3 Å². The number of methoxy groups -OCH3 is 1. The zero-order valence-corrected chi connectivity index (χ0v) is 19.8. The van der Waals surface area contributed by atoms with Crippen LogP contribution in [0.3, 0.4) is 0 Å². The Hall–Kier alpha value is -3.12. The highest BCUT2D eigenvalue weighted by molar-refractivity contribution is 7.89. The number of ketones is 1. The van der Waals surface area contributed by atoms with Gasteiger partial charge in [-0.15, -0.1) is 0 Å². The Kier molecular flexibility index (Phi) is 7.31. The topological polar surface area (TPSA) is 113 Å². The highest BCUT2D eigenvalue weighted by Gasteiger charge is 2.46. The van der Waals surface area contributed by atoms with Gasteiger partial charge in [-0.05, 0) is 30.3 Å². The lowest BCUT2D eigenvalue weighted by Gasteiger charge is -2.26. The molecule has 2 aliphatic rings. The maximum Gasteiger partial charge on any atom is 0.295 e. The molecule has 0 bridgehead atoms. The summed E-state index contributed by atoms with van der Waals surface area (Å²) in [7, 11) is -2.33. The van der Waals surface area contributed by atoms with Crippen molar-refractivity contribution in [2.24, 2.45) is 0 Å². The van der Waals surface area contributed by atoms with Crippen molar-refractivity contribution >= 4 is 27.5 Å². The van der Waals surface area contributed by atoms with Crippen LogP contribution in [-0.4, -0.2) is 81.0 Å². The molecule has 2 aromatic carbocycles. The number of aliphatic hydroxyl groups excluding tert-OH is 1. The molecule has 2 heterocycles. The smallest absolute Gasteiger partial charge is 0.295 e. The molecule has 0 saturated carbocycles. The fraction of sp³-hybridized carbons (Fsp3) is 0.333. The van der Waals surface area contributed by atoms with Gasteiger partial charge in [-0.3, -0.25) is 9.59 Å². The van der Waals surface area contributed by atoms with Gasteiger partial charge in [0.1, 0.15) is 11.6 Å². The van der Waals surface area contributed by atoms with Crippen molar-refractivity contribution in [1.82, 2.24) is 9.21 Å². The lowest BCUT2D eigenvalue weighted by atomic mass is 9.95. The number of rotatable bonds is 7. The van der Waals surface area contributed by atoms with Gasteiger partial charge in [0.15, 0.2) is 0 Å². The number of halogens is 1. The largest absolute Gasteiger partial charge is 0.507 e. The van der Waals surface area contributed by atoms with E-state index in [1.807, 2.05) is 0 Å². The third-order valence-corrected chi connectivity index (χ3v) is 7.92. The first-order valence-electron chi connectivity index (χ1n) is 11.0. The molecule has 35 heavy (non-hydrogen) atoms. The fourth-order valence-electron chi connectivity index (χ4n) is 4.20. The average molecular weight is 505 g/mol. The number of amides is 1. The number of hydrogen-bond acceptors (Lipinski definition) is 7. The molecule has 2 aromatic rings. The number of Topliss-reactive ketones (excluding diaryl/α,β-unsaturated/α-hetero) is 1. The third kappa shape index (κ3) is 4.72. The molecule has 0 aliphatic carbocycles. The van der Waals surface area contributed by atoms with Crippen LogP contribution in [0.1, 0.15) is 17.2 Å². The molecule has 11 heteroatoms. The minimum Gasteiger partial charge on any atom is -0.507 e. The van der Waals surface area contributed by atoms with Crippen LogP contribution in [0.15, 0.2) is 59.0 Å². The highest BCUT2D eigenvalue weighted by Crippen LogP contribution is 2.40. The van der Waals surface area contributed by atoms with Gasteiger partial charge in [0.2, 0.25) is 10.0 Å². The van der Waals surface area contributed by atoms with Crippen molar-refractivity contribution in [3.8, 4) is 0 Å². The van der Waals surface area contributed by atoms with Gasteiger partial charge in [-0.1, -0.05) is 18.2 Å². The summed E-state index contributed by atoms with van der Waals surface area (Å²) in [6.45, 7) is 1.18. The summed E-state index contributed by atoms with van der Waals surface area (Å²) in [6.07, 6.45) is 0. The van der Waals surface area contributed by atoms with E-state index in [1.54, 1.807) is 6.07 Å². The Labute approximate surface area is 202 Å². The van der Waals surface area contributed by atoms with Crippen LogP contribution in [0.4, 0.5) is 4.39 Å². The molecule has 0 spiro atoms. The minimum atomic E-state index is -3.76. The van der Waals surface area contributed by atoms with Crippen LogP contribution in [0.2, 0.25) is 0 Å². The standard InChI is InChI=1S/C24H25FN2O7S/c1-33-13-12-27-21(18-4-2-3-5-19(18)25)20(23(29)24(27)30)22(28)16-6-8-17(9-7-16)35(31,32)26-10-14-34-15-11-26/h2-9,21,28H,10-15H2,1H3. The Bertz CT molecular complexity index is 1250. The monoisotopic (exact) mass is 504 g/mol. The van der Waals surface area contributed by atoms with Gasteiger partial charge in [0, 0.05) is 37.9 Å². The number of likely N-dealkylation sites (tertiary alicyclic amines) is 1. The summed E-state index contributed by atoms with van der Waals surface area (Å²) in [5, 5.41) is 11.1. The second-order valence-corrected chi connectivity index (χ2v) is 9.99. The molecule has 2 saturated heterocycles. The summed E-state index contributed by atoms with van der Waals surface area (Å²) < 4.78 is 52.0. The summed E-state index contributed by atoms with van der Waals surface area (Å²) in [6, 6.07) is 9.87. The molecule has 1 amide bonds. The molecule has 1 N–H and O–H groups in total. The maximum absolute atomic E-state index is 14.7. The maximum atomic E-state index is 14.7. The zero-order chi connectivity index (χ0) is 25.2. The number of aliphatic hydroxyl groups is 1. The number of benzene rings is 2. The third-order valence-electron chi connectivity index (χ3n) is 6.01. The van der Waals surface area contributed by atoms with E-state index in [1.165, 1.54) is 53.9 Å². The Morgan fingerprint density at radius 1 is 1.11 bits per heavy atom. The molecule has 0 radical (unpaired) electrons. The normalized spacial score (nSPS) is 21.0. The number of sulfonamides is 1. The van der Waals surface area contributed by atoms with Gasteiger partial charge < -0.3 is 19.5 Å². The van der Waals surface area contributed by atoms with E-state index in [9.17, 15) is 27.5 Å². The lowest BCUT2D eigenvalue weighted by molar-refractivity contribution is -0.140. The minimum absolute atomic E-state index is 0.00752. The van der Waals surface area contributed by atoms with Crippen molar-refractivity contribution in [1.29, 1.82) is 0 Å². The number of nitrogens with zero attached hydrogens (tertiary/aromatic N) is 2. The first kappa shape index (κ1) is 25.0. The zero-order valence-electron chi connectivity index (χ0n) is 19.0. The van der Waals surface area contributed by atoms with Gasteiger partial charge in [0.25, 0.3) is 11.7 Å². The van der Waals surface area contributed by atoms with Crippen molar-refractivity contribution in [2.45, 2.75) is 10.9 Å². The summed E-state index contributed by atoms with van der Waals surface area (Å²) in [5.74, 6) is -3.01. The van der Waals surface area contributed by atoms with E-state index in [2.05, 4.69) is 0 Å². The number of morpholine rings is 1. The van der Waals surface area contributed by atoms with Crippen LogP contribution < -0.4 is 0 Å². The predicted octanol–water partition coefficient (Wildman–Crippen LogP) is 1.91. The molecule has 9 nitrogen and oxygen atoms in total. The Balaban J connectivity index is 1.75. The molecular weight excluding hydrogens is 479 g/mol. The quantitative estimate of drug-likeness (QED) is 0.348.